The van der Waals surface area contributed by atoms with E-state index >= 15 is 0 Å². The van der Waals surface area contributed by atoms with Crippen molar-refractivity contribution in [3.8, 4) is 0 Å². The second-order valence-corrected chi connectivity index (χ2v) is 50.3. The Bertz CT molecular complexity index is 1850. The van der Waals surface area contributed by atoms with Gasteiger partial charge >= 0.3 is 5.97 Å². The van der Waals surface area contributed by atoms with Crippen molar-refractivity contribution in [2.24, 2.45) is 57.2 Å². The first kappa shape index (κ1) is 64.1. The van der Waals surface area contributed by atoms with Gasteiger partial charge in [-0.05, 0) is 208 Å². The maximum Gasteiger partial charge on any atom is 0.330 e. The number of hydrogen-bond donors (Lipinski definition) is 0. The lowest BCUT2D eigenvalue weighted by atomic mass is 9.60. The summed E-state index contributed by atoms with van der Waals surface area (Å²) in [6, 6.07) is 0. The molecule has 0 aromatic carbocycles. The third kappa shape index (κ3) is 13.2. The molecule has 6 aliphatic carbocycles. The van der Waals surface area contributed by atoms with E-state index < -0.39 is 33.3 Å². The maximum absolute atomic E-state index is 12.2. The second-order valence-electron chi connectivity index (χ2n) is 31.2. The molecular weight excluding hydrogens is 957 g/mol. The molecule has 0 heterocycles. The highest BCUT2D eigenvalue weighted by Gasteiger charge is 2.68. The van der Waals surface area contributed by atoms with Crippen molar-refractivity contribution in [3.63, 3.8) is 0 Å². The molecule has 0 radical (unpaired) electrons. The van der Waals surface area contributed by atoms with E-state index in [4.69, 9.17) is 22.4 Å². The van der Waals surface area contributed by atoms with Gasteiger partial charge in [-0.3, -0.25) is 0 Å². The monoisotopic (exact) mass is 1070 g/mol. The van der Waals surface area contributed by atoms with E-state index in [9.17, 15) is 9.59 Å². The van der Waals surface area contributed by atoms with Gasteiger partial charge in [0.25, 0.3) is 0 Å². The molecule has 7 nitrogen and oxygen atoms in total. The summed E-state index contributed by atoms with van der Waals surface area (Å²) in [6.07, 6.45) is 23.0. The largest absolute Gasteiger partial charge is 0.463 e. The highest BCUT2D eigenvalue weighted by atomic mass is 28.4. The minimum absolute atomic E-state index is 0. The number of esters is 1. The Morgan fingerprint density at radius 1 is 0.556 bits per heavy atom. The third-order valence-electron chi connectivity index (χ3n) is 23.0. The van der Waals surface area contributed by atoms with E-state index in [2.05, 4.69) is 155 Å². The van der Waals surface area contributed by atoms with Crippen LogP contribution in [-0.4, -0.2) is 77.6 Å². The van der Waals surface area contributed by atoms with Crippen molar-refractivity contribution in [1.29, 1.82) is 0 Å². The fourth-order valence-corrected chi connectivity index (χ4v) is 19.1. The molecule has 0 aromatic heterocycles. The van der Waals surface area contributed by atoms with Gasteiger partial charge in [0.15, 0.2) is 33.3 Å². The molecule has 0 bridgehead atoms. The molecule has 72 heavy (non-hydrogen) atoms. The first-order valence-electron chi connectivity index (χ1n) is 29.2. The summed E-state index contributed by atoms with van der Waals surface area (Å²) in [6.45, 7) is 56.3. The van der Waals surface area contributed by atoms with Crippen LogP contribution in [-0.2, 0) is 32.0 Å². The summed E-state index contributed by atoms with van der Waals surface area (Å²) in [7, 11) is -7.17. The van der Waals surface area contributed by atoms with Gasteiger partial charge in [0.1, 0.15) is 6.29 Å². The quantitative estimate of drug-likeness (QED) is 0.0585. The van der Waals surface area contributed by atoms with Crippen molar-refractivity contribution in [3.05, 3.63) is 12.2 Å². The van der Waals surface area contributed by atoms with Gasteiger partial charge in [-0.2, -0.15) is 0 Å². The first-order chi connectivity index (χ1) is 32.2. The molecule has 0 aliphatic heterocycles. The second kappa shape index (κ2) is 22.4. The normalized spacial score (nSPS) is 35.4. The van der Waals surface area contributed by atoms with Crippen molar-refractivity contribution in [2.75, 3.05) is 19.8 Å². The molecule has 0 amide bonds. The molecule has 11 heteroatoms. The lowest BCUT2D eigenvalue weighted by Gasteiger charge is -2.50. The van der Waals surface area contributed by atoms with Crippen molar-refractivity contribution in [1.82, 2.24) is 0 Å². The zero-order valence-electron chi connectivity index (χ0n) is 50.7. The van der Waals surface area contributed by atoms with Crippen LogP contribution in [0.2, 0.25) is 72.5 Å². The highest BCUT2D eigenvalue weighted by Crippen LogP contribution is 2.73. The van der Waals surface area contributed by atoms with E-state index in [0.29, 0.717) is 59.2 Å². The smallest absolute Gasteiger partial charge is 0.330 e. The van der Waals surface area contributed by atoms with Crippen LogP contribution in [0.1, 0.15) is 201 Å². The summed E-state index contributed by atoms with van der Waals surface area (Å²) in [5.74, 6) is 3.06. The van der Waals surface area contributed by atoms with E-state index in [1.165, 1.54) is 76.9 Å². The average molecular weight is 1080 g/mol. The molecule has 0 saturated heterocycles. The summed E-state index contributed by atoms with van der Waals surface area (Å²) in [4.78, 5) is 24.2. The SMILES string of the molecule is C.CC(C)(C)[Si](C)(C)OCCC1([C@H]2CCC3[C@@H](O[Si](C)(C)C(C)(C)C)CCC[C@@]32C)CC1C=O.CCOC(=O)C=CC1CC1(CCO[Si](C)(C)C(C)(C)C)[C@H]1CCC2[C@@H](O[Si](C)(C)C(C)(C)C)CCC[C@@]21C. The minimum atomic E-state index is -1.82. The molecule has 0 N–H and O–H groups in total. The molecule has 6 unspecified atom stereocenters. The summed E-state index contributed by atoms with van der Waals surface area (Å²) < 4.78 is 32.8. The van der Waals surface area contributed by atoms with E-state index in [1.807, 2.05) is 6.92 Å². The van der Waals surface area contributed by atoms with Gasteiger partial charge < -0.3 is 27.2 Å². The number of fused-ring (bicyclic) bond motifs is 2. The third-order valence-corrected chi connectivity index (χ3v) is 41.0. The zero-order chi connectivity index (χ0) is 53.9. The molecule has 6 rings (SSSR count). The van der Waals surface area contributed by atoms with Gasteiger partial charge in [-0.15, -0.1) is 0 Å². The molecular formula is C61H118O7Si4. The van der Waals surface area contributed by atoms with Crippen LogP contribution in [0.3, 0.4) is 0 Å². The fourth-order valence-electron chi connectivity index (χ4n) is 14.2. The number of carbonyl (C=O) groups is 2. The summed E-state index contributed by atoms with van der Waals surface area (Å²) in [5, 5.41) is 0.936. The number of aldehydes is 1. The predicted molar refractivity (Wildman–Crippen MR) is 316 cm³/mol. The average Bonchev–Trinajstić information content (AvgIpc) is 4.01. The molecule has 12 atom stereocenters. The van der Waals surface area contributed by atoms with Gasteiger partial charge in [-0.1, -0.05) is 123 Å². The standard InChI is InChI=1S/C32H60O4Si2.C28H54O3Si2.CH4/c1-13-34-28(33)19-16-24-23-32(24,21-22-35-37(9,10)29(2,3)4)27-18-17-25-26(15-14-20-31(25,27)8)36-38(11,12)30(5,6)7;1-25(2,3)32(8,9)30-18-17-28(19-21(28)20-29)24-15-14-22-23(13-12-16-27(22,24)7)31-33(10,11)26(4,5)6;/h16,19,24-27H,13-15,17-18,20-23H2,1-12H3;20-24H,12-19H2,1-11H3;1H4/t24?,25?,26-,27-,31-,32?;21?,22?,23-,24-,27-,28?;/m00./s1. The number of allylic oxidation sites excluding steroid dienone is 1. The molecule has 420 valence electrons. The number of carbonyl (C=O) groups excluding carboxylic acids is 2. The minimum Gasteiger partial charge on any atom is -0.463 e. The lowest BCUT2D eigenvalue weighted by Crippen LogP contribution is -2.50. The van der Waals surface area contributed by atoms with Gasteiger partial charge in [0.2, 0.25) is 0 Å². The Balaban J connectivity index is 0.000000311. The predicted octanol–water partition coefficient (Wildman–Crippen LogP) is 18.0. The molecule has 6 aliphatic rings. The van der Waals surface area contributed by atoms with Crippen LogP contribution in [0, 0.1) is 57.2 Å². The van der Waals surface area contributed by atoms with Crippen LogP contribution in [0.4, 0.5) is 0 Å². The van der Waals surface area contributed by atoms with E-state index in [-0.39, 0.29) is 50.3 Å². The van der Waals surface area contributed by atoms with E-state index in [0.717, 1.165) is 32.5 Å². The zero-order valence-corrected chi connectivity index (χ0v) is 54.7. The van der Waals surface area contributed by atoms with Crippen LogP contribution < -0.4 is 0 Å². The summed E-state index contributed by atoms with van der Waals surface area (Å²) >= 11 is 0. The molecule has 0 aromatic rings. The Labute approximate surface area is 450 Å². The Kier molecular flexibility index (Phi) is 19.9. The Morgan fingerprint density at radius 2 is 0.917 bits per heavy atom. The fraction of sp³-hybridized carbons (Fsp3) is 0.934. The Hall–Kier alpha value is -0.412. The molecule has 6 saturated carbocycles. The van der Waals surface area contributed by atoms with Crippen molar-refractivity contribution in [2.45, 2.75) is 286 Å². The van der Waals surface area contributed by atoms with Crippen molar-refractivity contribution >= 4 is 45.5 Å². The van der Waals surface area contributed by atoms with Crippen LogP contribution in [0.5, 0.6) is 0 Å². The van der Waals surface area contributed by atoms with Gasteiger partial charge in [-0.25, -0.2) is 4.79 Å². The van der Waals surface area contributed by atoms with Crippen LogP contribution in [0.15, 0.2) is 12.2 Å². The highest BCUT2D eigenvalue weighted by molar-refractivity contribution is 6.75. The number of rotatable bonds is 18. The molecule has 0 spiro atoms. The number of hydrogen-bond acceptors (Lipinski definition) is 7. The van der Waals surface area contributed by atoms with E-state index in [1.54, 1.807) is 6.08 Å². The topological polar surface area (TPSA) is 80.3 Å². The lowest BCUT2D eigenvalue weighted by molar-refractivity contribution is -0.137. The van der Waals surface area contributed by atoms with Gasteiger partial charge in [0, 0.05) is 37.4 Å². The number of ether oxygens (including phenoxy) is 1. The Morgan fingerprint density at radius 3 is 1.25 bits per heavy atom. The van der Waals surface area contributed by atoms with Gasteiger partial charge in [0.05, 0.1) is 6.61 Å². The van der Waals surface area contributed by atoms with Crippen molar-refractivity contribution < 1.29 is 32.0 Å². The van der Waals surface area contributed by atoms with Crippen LogP contribution in [0.25, 0.3) is 0 Å². The molecule has 6 fully saturated rings. The summed E-state index contributed by atoms with van der Waals surface area (Å²) in [5.41, 5.74) is 1.01. The van der Waals surface area contributed by atoms with Crippen LogP contribution >= 0.6 is 0 Å². The first-order valence-corrected chi connectivity index (χ1v) is 40.8. The maximum atomic E-state index is 12.2.